The van der Waals surface area contributed by atoms with Crippen LogP contribution in [-0.4, -0.2) is 24.5 Å². The van der Waals surface area contributed by atoms with Crippen LogP contribution in [0.5, 0.6) is 0 Å². The van der Waals surface area contributed by atoms with Crippen molar-refractivity contribution in [2.45, 2.75) is 19.4 Å². The number of furan rings is 1. The molecule has 3 rings (SSSR count). The lowest BCUT2D eigenvalue weighted by molar-refractivity contribution is -0.126. The first-order valence-corrected chi connectivity index (χ1v) is 7.71. The second-order valence-corrected chi connectivity index (χ2v) is 5.80. The van der Waals surface area contributed by atoms with Crippen LogP contribution in [0.2, 0.25) is 0 Å². The molecule has 22 heavy (non-hydrogen) atoms. The van der Waals surface area contributed by atoms with E-state index in [2.05, 4.69) is 15.9 Å². The molecule has 6 heteroatoms. The molecule has 0 unspecified atom stereocenters. The van der Waals surface area contributed by atoms with E-state index in [9.17, 15) is 9.59 Å². The number of hydrogen-bond donors (Lipinski definition) is 0. The summed E-state index contributed by atoms with van der Waals surface area (Å²) in [5, 5.41) is 0. The van der Waals surface area contributed by atoms with E-state index < -0.39 is 12.1 Å². The number of benzene rings is 1. The van der Waals surface area contributed by atoms with Gasteiger partial charge in [-0.1, -0.05) is 18.2 Å². The van der Waals surface area contributed by atoms with E-state index in [1.54, 1.807) is 17.9 Å². The summed E-state index contributed by atoms with van der Waals surface area (Å²) in [6.45, 7) is 2.17. The Labute approximate surface area is 136 Å². The van der Waals surface area contributed by atoms with Crippen LogP contribution in [0.3, 0.4) is 0 Å². The van der Waals surface area contributed by atoms with E-state index in [4.69, 9.17) is 9.15 Å². The number of carbonyl (C=O) groups is 2. The molecule has 1 amide bonds. The standard InChI is InChI=1S/C16H14BrNO4/c1-10(21-16(20)13-6-7-14(17)22-13)15(19)18-9-8-11-4-2-3-5-12(11)18/h2-7,10H,8-9H2,1H3/t10-/m0/s1. The summed E-state index contributed by atoms with van der Waals surface area (Å²) in [5.74, 6) is -0.823. The summed E-state index contributed by atoms with van der Waals surface area (Å²) in [5.41, 5.74) is 2.01. The molecule has 1 atom stereocenters. The largest absolute Gasteiger partial charge is 0.447 e. The van der Waals surface area contributed by atoms with Gasteiger partial charge in [-0.15, -0.1) is 0 Å². The molecule has 0 bridgehead atoms. The Bertz CT molecular complexity index is 724. The van der Waals surface area contributed by atoms with Gasteiger partial charge in [0.15, 0.2) is 10.8 Å². The summed E-state index contributed by atoms with van der Waals surface area (Å²) in [6, 6.07) is 10.8. The van der Waals surface area contributed by atoms with Crippen LogP contribution >= 0.6 is 15.9 Å². The Morgan fingerprint density at radius 1 is 1.27 bits per heavy atom. The van der Waals surface area contributed by atoms with E-state index in [1.807, 2.05) is 24.3 Å². The molecule has 2 aromatic rings. The van der Waals surface area contributed by atoms with Crippen molar-refractivity contribution >= 4 is 33.5 Å². The van der Waals surface area contributed by atoms with Crippen molar-refractivity contribution < 1.29 is 18.7 Å². The maximum absolute atomic E-state index is 12.5. The third-order valence-corrected chi connectivity index (χ3v) is 3.99. The summed E-state index contributed by atoms with van der Waals surface area (Å²) in [7, 11) is 0. The van der Waals surface area contributed by atoms with E-state index in [-0.39, 0.29) is 11.7 Å². The molecule has 0 N–H and O–H groups in total. The molecule has 0 radical (unpaired) electrons. The monoisotopic (exact) mass is 363 g/mol. The minimum absolute atomic E-state index is 0.0633. The van der Waals surface area contributed by atoms with Crippen LogP contribution in [-0.2, 0) is 16.0 Å². The van der Waals surface area contributed by atoms with Crippen molar-refractivity contribution in [2.75, 3.05) is 11.4 Å². The molecule has 1 aromatic carbocycles. The molecule has 0 aliphatic carbocycles. The molecule has 0 saturated heterocycles. The number of amides is 1. The lowest BCUT2D eigenvalue weighted by atomic mass is 10.2. The first-order chi connectivity index (χ1) is 10.6. The van der Waals surface area contributed by atoms with Crippen LogP contribution in [0.4, 0.5) is 5.69 Å². The van der Waals surface area contributed by atoms with Crippen molar-refractivity contribution in [2.24, 2.45) is 0 Å². The van der Waals surface area contributed by atoms with Gasteiger partial charge in [0.2, 0.25) is 5.76 Å². The van der Waals surface area contributed by atoms with Crippen molar-refractivity contribution in [1.29, 1.82) is 0 Å². The lowest BCUT2D eigenvalue weighted by Crippen LogP contribution is -2.39. The lowest BCUT2D eigenvalue weighted by Gasteiger charge is -2.21. The number of nitrogens with zero attached hydrogens (tertiary/aromatic N) is 1. The summed E-state index contributed by atoms with van der Waals surface area (Å²) >= 11 is 3.12. The number of anilines is 1. The fraction of sp³-hybridized carbons (Fsp3) is 0.250. The average Bonchev–Trinajstić information content (AvgIpc) is 3.12. The number of para-hydroxylation sites is 1. The molecular formula is C16H14BrNO4. The van der Waals surface area contributed by atoms with Gasteiger partial charge in [-0.3, -0.25) is 4.79 Å². The highest BCUT2D eigenvalue weighted by atomic mass is 79.9. The van der Waals surface area contributed by atoms with Gasteiger partial charge in [0.1, 0.15) is 0 Å². The molecule has 1 aliphatic heterocycles. The molecule has 1 aliphatic rings. The van der Waals surface area contributed by atoms with E-state index >= 15 is 0 Å². The normalized spacial score (nSPS) is 14.5. The first kappa shape index (κ1) is 14.8. The number of hydrogen-bond acceptors (Lipinski definition) is 4. The van der Waals surface area contributed by atoms with Crippen LogP contribution < -0.4 is 4.90 Å². The maximum Gasteiger partial charge on any atom is 0.375 e. The second-order valence-electron chi connectivity index (χ2n) is 5.02. The molecular weight excluding hydrogens is 350 g/mol. The third kappa shape index (κ3) is 2.78. The number of rotatable bonds is 3. The number of halogens is 1. The Balaban J connectivity index is 1.69. The highest BCUT2D eigenvalue weighted by Gasteiger charge is 2.30. The van der Waals surface area contributed by atoms with Crippen molar-refractivity contribution in [3.8, 4) is 0 Å². The van der Waals surface area contributed by atoms with Gasteiger partial charge in [0, 0.05) is 12.2 Å². The molecule has 0 fully saturated rings. The molecule has 0 spiro atoms. The van der Waals surface area contributed by atoms with Gasteiger partial charge < -0.3 is 14.1 Å². The number of carbonyl (C=O) groups excluding carboxylic acids is 2. The summed E-state index contributed by atoms with van der Waals surface area (Å²) in [6.07, 6.45) is -0.0595. The predicted octanol–water partition coefficient (Wildman–Crippen LogP) is 3.18. The highest BCUT2D eigenvalue weighted by Crippen LogP contribution is 2.28. The zero-order valence-electron chi connectivity index (χ0n) is 11.9. The zero-order valence-corrected chi connectivity index (χ0v) is 13.5. The smallest absolute Gasteiger partial charge is 0.375 e. The first-order valence-electron chi connectivity index (χ1n) is 6.92. The Hall–Kier alpha value is -2.08. The molecule has 5 nitrogen and oxygen atoms in total. The van der Waals surface area contributed by atoms with Gasteiger partial charge in [-0.05, 0) is 53.0 Å². The molecule has 2 heterocycles. The molecule has 0 saturated carbocycles. The quantitative estimate of drug-likeness (QED) is 0.785. The fourth-order valence-corrected chi connectivity index (χ4v) is 2.79. The van der Waals surface area contributed by atoms with Crippen molar-refractivity contribution in [3.05, 3.63) is 52.4 Å². The Kier molecular flexibility index (Phi) is 4.02. The molecule has 114 valence electrons. The van der Waals surface area contributed by atoms with Gasteiger partial charge in [-0.25, -0.2) is 4.79 Å². The van der Waals surface area contributed by atoms with Crippen LogP contribution in [0.1, 0.15) is 23.0 Å². The Morgan fingerprint density at radius 2 is 2.05 bits per heavy atom. The van der Waals surface area contributed by atoms with Gasteiger partial charge in [0.05, 0.1) is 0 Å². The van der Waals surface area contributed by atoms with Crippen molar-refractivity contribution in [1.82, 2.24) is 0 Å². The molecule has 1 aromatic heterocycles. The minimum Gasteiger partial charge on any atom is -0.447 e. The summed E-state index contributed by atoms with van der Waals surface area (Å²) < 4.78 is 10.8. The highest BCUT2D eigenvalue weighted by molar-refractivity contribution is 9.10. The van der Waals surface area contributed by atoms with E-state index in [1.165, 1.54) is 6.07 Å². The van der Waals surface area contributed by atoms with E-state index in [0.717, 1.165) is 17.7 Å². The number of fused-ring (bicyclic) bond motifs is 1. The predicted molar refractivity (Wildman–Crippen MR) is 83.8 cm³/mol. The fourth-order valence-electron chi connectivity index (χ4n) is 2.48. The topological polar surface area (TPSA) is 59.8 Å². The van der Waals surface area contributed by atoms with Crippen molar-refractivity contribution in [3.63, 3.8) is 0 Å². The van der Waals surface area contributed by atoms with Gasteiger partial charge >= 0.3 is 5.97 Å². The number of ether oxygens (including phenoxy) is 1. The summed E-state index contributed by atoms with van der Waals surface area (Å²) in [4.78, 5) is 26.1. The van der Waals surface area contributed by atoms with Gasteiger partial charge in [0.25, 0.3) is 5.91 Å². The van der Waals surface area contributed by atoms with E-state index in [0.29, 0.717) is 11.2 Å². The van der Waals surface area contributed by atoms with Crippen LogP contribution in [0, 0.1) is 0 Å². The number of esters is 1. The third-order valence-electron chi connectivity index (χ3n) is 3.56. The zero-order chi connectivity index (χ0) is 15.7. The minimum atomic E-state index is -0.873. The van der Waals surface area contributed by atoms with Gasteiger partial charge in [-0.2, -0.15) is 0 Å². The van der Waals surface area contributed by atoms with Crippen LogP contribution in [0.15, 0.2) is 45.5 Å². The Morgan fingerprint density at radius 3 is 2.77 bits per heavy atom. The average molecular weight is 364 g/mol. The SMILES string of the molecule is C[C@H](OC(=O)c1ccc(Br)o1)C(=O)N1CCc2ccccc21. The van der Waals surface area contributed by atoms with Crippen LogP contribution in [0.25, 0.3) is 0 Å². The maximum atomic E-state index is 12.5. The second kappa shape index (κ2) is 5.96.